The van der Waals surface area contributed by atoms with E-state index in [0.29, 0.717) is 16.9 Å². The van der Waals surface area contributed by atoms with Crippen molar-refractivity contribution in [2.75, 3.05) is 0 Å². The van der Waals surface area contributed by atoms with E-state index in [1.165, 1.54) is 11.6 Å². The number of aromatic nitrogens is 1. The summed E-state index contributed by atoms with van der Waals surface area (Å²) in [6.45, 7) is 0.763. The molecule has 2 nitrogen and oxygen atoms in total. The van der Waals surface area contributed by atoms with Crippen LogP contribution in [-0.2, 0) is 6.54 Å². The minimum atomic E-state index is 0.0260. The smallest absolute Gasteiger partial charge is 0.250 e. The summed E-state index contributed by atoms with van der Waals surface area (Å²) in [5.74, 6) is 1.15. The normalized spacial score (nSPS) is 21.8. The lowest BCUT2D eigenvalue weighted by molar-refractivity contribution is 0.594. The quantitative estimate of drug-likeness (QED) is 0.829. The van der Waals surface area contributed by atoms with E-state index in [9.17, 15) is 4.79 Å². The van der Waals surface area contributed by atoms with Gasteiger partial charge >= 0.3 is 0 Å². The molecule has 0 spiro atoms. The molecule has 18 heavy (non-hydrogen) atoms. The van der Waals surface area contributed by atoms with Crippen LogP contribution in [0.1, 0.15) is 17.9 Å². The van der Waals surface area contributed by atoms with E-state index in [1.807, 2.05) is 6.07 Å². The first kappa shape index (κ1) is 11.5. The van der Waals surface area contributed by atoms with Crippen molar-refractivity contribution in [3.8, 4) is 0 Å². The highest BCUT2D eigenvalue weighted by Crippen LogP contribution is 2.48. The van der Waals surface area contributed by atoms with Gasteiger partial charge in [0.1, 0.15) is 0 Å². The molecule has 1 aromatic carbocycles. The van der Waals surface area contributed by atoms with Crippen molar-refractivity contribution in [1.29, 1.82) is 0 Å². The van der Waals surface area contributed by atoms with E-state index >= 15 is 0 Å². The lowest BCUT2D eigenvalue weighted by Gasteiger charge is -2.05. The van der Waals surface area contributed by atoms with Crippen LogP contribution in [0.3, 0.4) is 0 Å². The Bertz CT molecular complexity index is 605. The van der Waals surface area contributed by atoms with Gasteiger partial charge in [0.2, 0.25) is 0 Å². The summed E-state index contributed by atoms with van der Waals surface area (Å²) >= 11 is 5.91. The largest absolute Gasteiger partial charge is 0.314 e. The zero-order valence-corrected chi connectivity index (χ0v) is 10.7. The lowest BCUT2D eigenvalue weighted by Crippen LogP contribution is -2.19. The minimum Gasteiger partial charge on any atom is -0.314 e. The molecule has 1 saturated carbocycles. The maximum Gasteiger partial charge on any atom is 0.250 e. The Labute approximate surface area is 111 Å². The van der Waals surface area contributed by atoms with Gasteiger partial charge in [-0.05, 0) is 29.9 Å². The average Bonchev–Trinajstić information content (AvgIpc) is 3.14. The average molecular weight is 260 g/mol. The molecule has 92 valence electrons. The highest BCUT2D eigenvalue weighted by atomic mass is 35.5. The first-order chi connectivity index (χ1) is 8.74. The van der Waals surface area contributed by atoms with Crippen molar-refractivity contribution in [3.05, 3.63) is 69.6 Å². The van der Waals surface area contributed by atoms with Crippen LogP contribution in [0.4, 0.5) is 0 Å². The second kappa shape index (κ2) is 4.62. The van der Waals surface area contributed by atoms with Gasteiger partial charge in [0.05, 0.1) is 5.02 Å². The lowest BCUT2D eigenvalue weighted by atomic mass is 10.1. The van der Waals surface area contributed by atoms with E-state index in [-0.39, 0.29) is 5.56 Å². The summed E-state index contributed by atoms with van der Waals surface area (Å²) in [6.07, 6.45) is 2.88. The number of nitrogens with zero attached hydrogens (tertiary/aromatic N) is 1. The molecule has 1 aliphatic rings. The Morgan fingerprint density at radius 1 is 1.17 bits per heavy atom. The van der Waals surface area contributed by atoms with Crippen molar-refractivity contribution in [2.45, 2.75) is 18.9 Å². The summed E-state index contributed by atoms with van der Waals surface area (Å²) in [6, 6.07) is 13.6. The second-order valence-electron chi connectivity index (χ2n) is 4.85. The van der Waals surface area contributed by atoms with E-state index in [0.717, 1.165) is 13.0 Å². The fraction of sp³-hybridized carbons (Fsp3) is 0.267. The number of pyridine rings is 1. The Balaban J connectivity index is 1.73. The third-order valence-electron chi connectivity index (χ3n) is 3.53. The van der Waals surface area contributed by atoms with E-state index in [4.69, 9.17) is 11.6 Å². The predicted molar refractivity (Wildman–Crippen MR) is 73.0 cm³/mol. The standard InChI is InChI=1S/C15H14ClNO/c16-13-6-7-15(18)17(10-13)9-12-8-14(12)11-4-2-1-3-5-11/h1-7,10,12,14H,8-9H2/t12-,14-/m1/s1. The fourth-order valence-corrected chi connectivity index (χ4v) is 2.64. The second-order valence-corrected chi connectivity index (χ2v) is 5.29. The zero-order chi connectivity index (χ0) is 12.5. The minimum absolute atomic E-state index is 0.0260. The van der Waals surface area contributed by atoms with Crippen molar-refractivity contribution in [2.24, 2.45) is 5.92 Å². The van der Waals surface area contributed by atoms with Gasteiger partial charge in [0.25, 0.3) is 5.56 Å². The van der Waals surface area contributed by atoms with Gasteiger partial charge in [-0.2, -0.15) is 0 Å². The van der Waals surface area contributed by atoms with Crippen LogP contribution < -0.4 is 5.56 Å². The van der Waals surface area contributed by atoms with Crippen molar-refractivity contribution >= 4 is 11.6 Å². The monoisotopic (exact) mass is 259 g/mol. The molecule has 0 N–H and O–H groups in total. The molecular weight excluding hydrogens is 246 g/mol. The molecule has 1 aliphatic carbocycles. The molecule has 0 amide bonds. The highest BCUT2D eigenvalue weighted by molar-refractivity contribution is 6.30. The third-order valence-corrected chi connectivity index (χ3v) is 3.75. The first-order valence-electron chi connectivity index (χ1n) is 6.15. The molecule has 0 aliphatic heterocycles. The number of benzene rings is 1. The Morgan fingerprint density at radius 2 is 1.94 bits per heavy atom. The van der Waals surface area contributed by atoms with Gasteiger partial charge in [-0.15, -0.1) is 0 Å². The number of rotatable bonds is 3. The molecular formula is C15H14ClNO. The molecule has 3 rings (SSSR count). The molecule has 1 heterocycles. The van der Waals surface area contributed by atoms with E-state index in [1.54, 1.807) is 16.8 Å². The first-order valence-corrected chi connectivity index (χ1v) is 6.53. The molecule has 2 atom stereocenters. The number of hydrogen-bond acceptors (Lipinski definition) is 1. The van der Waals surface area contributed by atoms with Crippen LogP contribution in [0.5, 0.6) is 0 Å². The molecule has 3 heteroatoms. The SMILES string of the molecule is O=c1ccc(Cl)cn1C[C@H]1C[C@@H]1c1ccccc1. The molecule has 0 unspecified atom stereocenters. The van der Waals surface area contributed by atoms with Crippen LogP contribution >= 0.6 is 11.6 Å². The molecule has 1 aromatic heterocycles. The Kier molecular flexibility index (Phi) is 2.96. The topological polar surface area (TPSA) is 22.0 Å². The van der Waals surface area contributed by atoms with Crippen LogP contribution in [0.2, 0.25) is 5.02 Å². The van der Waals surface area contributed by atoms with Crippen molar-refractivity contribution in [1.82, 2.24) is 4.57 Å². The summed E-state index contributed by atoms with van der Waals surface area (Å²) in [5, 5.41) is 0.617. The van der Waals surface area contributed by atoms with E-state index in [2.05, 4.69) is 24.3 Å². The molecule has 0 radical (unpaired) electrons. The van der Waals surface area contributed by atoms with Crippen molar-refractivity contribution < 1.29 is 0 Å². The van der Waals surface area contributed by atoms with Gasteiger partial charge in [-0.3, -0.25) is 4.79 Å². The summed E-state index contributed by atoms with van der Waals surface area (Å²) in [7, 11) is 0. The maximum atomic E-state index is 11.7. The van der Waals surface area contributed by atoms with Crippen LogP contribution in [0.25, 0.3) is 0 Å². The molecule has 0 saturated heterocycles. The number of hydrogen-bond donors (Lipinski definition) is 0. The molecule has 2 aromatic rings. The summed E-state index contributed by atoms with van der Waals surface area (Å²) in [5.41, 5.74) is 1.40. The van der Waals surface area contributed by atoms with Gasteiger partial charge in [0.15, 0.2) is 0 Å². The summed E-state index contributed by atoms with van der Waals surface area (Å²) < 4.78 is 1.72. The fourth-order valence-electron chi connectivity index (χ4n) is 2.46. The van der Waals surface area contributed by atoms with Gasteiger partial charge in [-0.1, -0.05) is 41.9 Å². The van der Waals surface area contributed by atoms with Crippen LogP contribution in [0, 0.1) is 5.92 Å². The van der Waals surface area contributed by atoms with Gasteiger partial charge < -0.3 is 4.57 Å². The van der Waals surface area contributed by atoms with Crippen LogP contribution in [0.15, 0.2) is 53.5 Å². The van der Waals surface area contributed by atoms with Gasteiger partial charge in [0, 0.05) is 18.8 Å². The third kappa shape index (κ3) is 2.34. The Hall–Kier alpha value is -1.54. The Morgan fingerprint density at radius 3 is 2.72 bits per heavy atom. The van der Waals surface area contributed by atoms with Crippen LogP contribution in [-0.4, -0.2) is 4.57 Å². The van der Waals surface area contributed by atoms with Gasteiger partial charge in [-0.25, -0.2) is 0 Å². The van der Waals surface area contributed by atoms with Crippen molar-refractivity contribution in [3.63, 3.8) is 0 Å². The summed E-state index contributed by atoms with van der Waals surface area (Å²) in [4.78, 5) is 11.7. The number of halogens is 1. The van der Waals surface area contributed by atoms with E-state index < -0.39 is 0 Å². The maximum absolute atomic E-state index is 11.7. The molecule has 1 fully saturated rings. The zero-order valence-electron chi connectivity index (χ0n) is 9.92. The predicted octanol–water partition coefficient (Wildman–Crippen LogP) is 3.31. The molecule has 0 bridgehead atoms. The highest BCUT2D eigenvalue weighted by Gasteiger charge is 2.38.